The fraction of sp³-hybridized carbons (Fsp3) is 0.238. The summed E-state index contributed by atoms with van der Waals surface area (Å²) in [4.78, 5) is 48.2. The van der Waals surface area contributed by atoms with Gasteiger partial charge in [0, 0.05) is 40.8 Å². The molecule has 1 heterocycles. The van der Waals surface area contributed by atoms with Crippen LogP contribution in [0.1, 0.15) is 18.4 Å². The first-order chi connectivity index (χ1) is 14.8. The van der Waals surface area contributed by atoms with Crippen molar-refractivity contribution in [1.29, 1.82) is 0 Å². The van der Waals surface area contributed by atoms with E-state index in [0.29, 0.717) is 27.8 Å². The first-order valence-corrected chi connectivity index (χ1v) is 10.3. The van der Waals surface area contributed by atoms with E-state index in [-0.39, 0.29) is 43.7 Å². The lowest BCUT2D eigenvalue weighted by atomic mass is 10.1. The monoisotopic (exact) mass is 462 g/mol. The Bertz CT molecular complexity index is 995. The third kappa shape index (κ3) is 6.44. The van der Waals surface area contributed by atoms with E-state index in [1.807, 2.05) is 0 Å². The van der Waals surface area contributed by atoms with E-state index in [1.54, 1.807) is 42.5 Å². The van der Waals surface area contributed by atoms with Gasteiger partial charge in [0.1, 0.15) is 0 Å². The van der Waals surface area contributed by atoms with Gasteiger partial charge < -0.3 is 16.0 Å². The quantitative estimate of drug-likeness (QED) is 0.522. The van der Waals surface area contributed by atoms with E-state index < -0.39 is 6.03 Å². The van der Waals surface area contributed by atoms with Crippen molar-refractivity contribution < 1.29 is 19.2 Å². The maximum atomic E-state index is 12.2. The van der Waals surface area contributed by atoms with E-state index in [0.717, 1.165) is 10.5 Å². The summed E-state index contributed by atoms with van der Waals surface area (Å²) in [6.45, 7) is -0.0251. The minimum Gasteiger partial charge on any atom is -0.329 e. The van der Waals surface area contributed by atoms with Gasteiger partial charge in [-0.3, -0.25) is 19.3 Å². The minimum atomic E-state index is -0.490. The average molecular weight is 463 g/mol. The lowest BCUT2D eigenvalue weighted by molar-refractivity contribution is -0.125. The summed E-state index contributed by atoms with van der Waals surface area (Å²) in [7, 11) is 0. The highest BCUT2D eigenvalue weighted by molar-refractivity contribution is 6.35. The molecule has 2 aromatic rings. The molecule has 0 bridgehead atoms. The van der Waals surface area contributed by atoms with Crippen molar-refractivity contribution in [3.8, 4) is 0 Å². The Labute approximate surface area is 188 Å². The second kappa shape index (κ2) is 10.3. The maximum Gasteiger partial charge on any atom is 0.324 e. The van der Waals surface area contributed by atoms with E-state index in [2.05, 4.69) is 16.0 Å². The van der Waals surface area contributed by atoms with Gasteiger partial charge in [-0.1, -0.05) is 29.3 Å². The molecule has 8 nitrogen and oxygen atoms in total. The number of imide groups is 1. The normalized spacial score (nSPS) is 13.2. The van der Waals surface area contributed by atoms with Crippen molar-refractivity contribution in [3.05, 3.63) is 58.1 Å². The number of halogens is 2. The van der Waals surface area contributed by atoms with Gasteiger partial charge in [-0.15, -0.1) is 0 Å². The van der Waals surface area contributed by atoms with E-state index in [9.17, 15) is 19.2 Å². The summed E-state index contributed by atoms with van der Waals surface area (Å²) < 4.78 is 0. The summed E-state index contributed by atoms with van der Waals surface area (Å²) >= 11 is 12.0. The SMILES string of the molecule is O=C(CCc1ccc(Cl)cc1Cl)Nc1ccc(NC(=O)CCN2C(=O)CNC2=O)cc1. The number of aryl methyl sites for hydroxylation is 1. The number of nitrogens with one attached hydrogen (secondary N) is 3. The van der Waals surface area contributed by atoms with Crippen LogP contribution in [0.15, 0.2) is 42.5 Å². The van der Waals surface area contributed by atoms with Gasteiger partial charge in [-0.25, -0.2) is 4.79 Å². The minimum absolute atomic E-state index is 0.00902. The molecule has 1 saturated heterocycles. The molecule has 0 aromatic heterocycles. The molecule has 10 heteroatoms. The Morgan fingerprint density at radius 3 is 2.10 bits per heavy atom. The fourth-order valence-electron chi connectivity index (χ4n) is 2.95. The van der Waals surface area contributed by atoms with Gasteiger partial charge in [0.15, 0.2) is 0 Å². The van der Waals surface area contributed by atoms with Crippen molar-refractivity contribution in [2.75, 3.05) is 23.7 Å². The van der Waals surface area contributed by atoms with Crippen LogP contribution in [-0.4, -0.2) is 41.7 Å². The standard InChI is InChI=1S/C21H20Cl2N4O4/c22-14-3-1-13(17(23)11-14)2-8-18(28)25-15-4-6-16(7-5-15)26-19(29)9-10-27-20(30)12-24-21(27)31/h1,3-7,11H,2,8-10,12H2,(H,24,31)(H,25,28)(H,26,29). The second-order valence-electron chi connectivity index (χ2n) is 6.86. The zero-order valence-corrected chi connectivity index (χ0v) is 17.9. The molecule has 5 amide bonds. The highest BCUT2D eigenvalue weighted by Gasteiger charge is 2.28. The zero-order chi connectivity index (χ0) is 22.4. The molecule has 31 heavy (non-hydrogen) atoms. The van der Waals surface area contributed by atoms with Crippen LogP contribution in [0.4, 0.5) is 16.2 Å². The number of rotatable bonds is 8. The molecule has 0 atom stereocenters. The number of anilines is 2. The van der Waals surface area contributed by atoms with Gasteiger partial charge in [0.05, 0.1) is 6.54 Å². The van der Waals surface area contributed by atoms with Gasteiger partial charge in [0.2, 0.25) is 17.7 Å². The number of hydrogen-bond donors (Lipinski definition) is 3. The van der Waals surface area contributed by atoms with Crippen LogP contribution in [0.25, 0.3) is 0 Å². The average Bonchev–Trinajstić information content (AvgIpc) is 3.05. The van der Waals surface area contributed by atoms with Crippen LogP contribution in [0.5, 0.6) is 0 Å². The third-order valence-electron chi connectivity index (χ3n) is 4.59. The molecular formula is C21H20Cl2N4O4. The van der Waals surface area contributed by atoms with E-state index >= 15 is 0 Å². The number of hydrogen-bond acceptors (Lipinski definition) is 4. The molecule has 1 fully saturated rings. The van der Waals surface area contributed by atoms with Crippen LogP contribution >= 0.6 is 23.2 Å². The topological polar surface area (TPSA) is 108 Å². The highest BCUT2D eigenvalue weighted by Crippen LogP contribution is 2.22. The van der Waals surface area contributed by atoms with Crippen LogP contribution in [0.2, 0.25) is 10.0 Å². The molecule has 1 aliphatic heterocycles. The van der Waals surface area contributed by atoms with E-state index in [1.165, 1.54) is 0 Å². The molecule has 0 aliphatic carbocycles. The predicted octanol–water partition coefficient (Wildman–Crippen LogP) is 3.45. The van der Waals surface area contributed by atoms with Crippen molar-refractivity contribution in [1.82, 2.24) is 10.2 Å². The summed E-state index contributed by atoms with van der Waals surface area (Å²) in [5, 5.41) is 8.94. The number of urea groups is 1. The Morgan fingerprint density at radius 2 is 1.55 bits per heavy atom. The predicted molar refractivity (Wildman–Crippen MR) is 118 cm³/mol. The number of benzene rings is 2. The lowest BCUT2D eigenvalue weighted by Gasteiger charge is -2.12. The maximum absolute atomic E-state index is 12.2. The molecule has 0 radical (unpaired) electrons. The summed E-state index contributed by atoms with van der Waals surface area (Å²) in [5.74, 6) is -0.850. The Balaban J connectivity index is 1.43. The molecule has 2 aromatic carbocycles. The summed E-state index contributed by atoms with van der Waals surface area (Å²) in [5.41, 5.74) is 1.96. The summed E-state index contributed by atoms with van der Waals surface area (Å²) in [6, 6.07) is 11.3. The molecule has 0 saturated carbocycles. The molecule has 162 valence electrons. The largest absolute Gasteiger partial charge is 0.329 e. The Morgan fingerprint density at radius 1 is 0.935 bits per heavy atom. The number of nitrogens with zero attached hydrogens (tertiary/aromatic N) is 1. The smallest absolute Gasteiger partial charge is 0.324 e. The van der Waals surface area contributed by atoms with Crippen LogP contribution in [-0.2, 0) is 20.8 Å². The number of amides is 5. The van der Waals surface area contributed by atoms with Crippen molar-refractivity contribution in [2.45, 2.75) is 19.3 Å². The molecular weight excluding hydrogens is 443 g/mol. The Hall–Kier alpha value is -3.10. The van der Waals surface area contributed by atoms with Crippen molar-refractivity contribution in [2.24, 2.45) is 0 Å². The number of carbonyl (C=O) groups excluding carboxylic acids is 4. The van der Waals surface area contributed by atoms with Gasteiger partial charge in [-0.2, -0.15) is 0 Å². The zero-order valence-electron chi connectivity index (χ0n) is 16.4. The van der Waals surface area contributed by atoms with Crippen LogP contribution < -0.4 is 16.0 Å². The summed E-state index contributed by atoms with van der Waals surface area (Å²) in [6.07, 6.45) is 0.723. The van der Waals surface area contributed by atoms with Crippen molar-refractivity contribution >= 4 is 58.3 Å². The van der Waals surface area contributed by atoms with Gasteiger partial charge in [-0.05, 0) is 48.4 Å². The van der Waals surface area contributed by atoms with Crippen LogP contribution in [0, 0.1) is 0 Å². The van der Waals surface area contributed by atoms with Crippen LogP contribution in [0.3, 0.4) is 0 Å². The van der Waals surface area contributed by atoms with Crippen molar-refractivity contribution in [3.63, 3.8) is 0 Å². The Kier molecular flexibility index (Phi) is 7.49. The lowest BCUT2D eigenvalue weighted by Crippen LogP contribution is -2.33. The fourth-order valence-corrected chi connectivity index (χ4v) is 3.45. The van der Waals surface area contributed by atoms with Gasteiger partial charge in [0.25, 0.3) is 0 Å². The first-order valence-electron chi connectivity index (χ1n) is 9.54. The molecule has 3 rings (SSSR count). The highest BCUT2D eigenvalue weighted by atomic mass is 35.5. The first kappa shape index (κ1) is 22.6. The van der Waals surface area contributed by atoms with Gasteiger partial charge >= 0.3 is 6.03 Å². The molecule has 3 N–H and O–H groups in total. The third-order valence-corrected chi connectivity index (χ3v) is 5.18. The molecule has 0 unspecified atom stereocenters. The van der Waals surface area contributed by atoms with E-state index in [4.69, 9.17) is 23.2 Å². The number of carbonyl (C=O) groups is 4. The molecule has 0 spiro atoms. The second-order valence-corrected chi connectivity index (χ2v) is 7.71. The molecule has 1 aliphatic rings.